The van der Waals surface area contributed by atoms with Gasteiger partial charge in [-0.05, 0) is 38.3 Å². The van der Waals surface area contributed by atoms with Crippen LogP contribution in [0.4, 0.5) is 5.69 Å². The van der Waals surface area contributed by atoms with E-state index in [1.807, 2.05) is 29.2 Å². The van der Waals surface area contributed by atoms with Gasteiger partial charge in [0.25, 0.3) is 5.91 Å². The molecular formula is C18H22N2O4. The Kier molecular flexibility index (Phi) is 3.92. The molecule has 0 aromatic heterocycles. The fourth-order valence-electron chi connectivity index (χ4n) is 3.98. The Balaban J connectivity index is 1.55. The van der Waals surface area contributed by atoms with Crippen LogP contribution in [0.25, 0.3) is 0 Å². The van der Waals surface area contributed by atoms with Crippen LogP contribution in [-0.2, 0) is 14.3 Å². The minimum absolute atomic E-state index is 0.00699. The first-order valence-electron chi connectivity index (χ1n) is 8.63. The summed E-state index contributed by atoms with van der Waals surface area (Å²) in [6, 6.07) is 7.54. The lowest BCUT2D eigenvalue weighted by Gasteiger charge is -2.39. The molecule has 4 rings (SSSR count). The second-order valence-electron chi connectivity index (χ2n) is 6.65. The Bertz CT molecular complexity index is 662. The van der Waals surface area contributed by atoms with Gasteiger partial charge in [-0.25, -0.2) is 0 Å². The highest BCUT2D eigenvalue weighted by Gasteiger charge is 2.40. The zero-order valence-corrected chi connectivity index (χ0v) is 13.8. The van der Waals surface area contributed by atoms with Crippen molar-refractivity contribution in [1.82, 2.24) is 4.90 Å². The monoisotopic (exact) mass is 330 g/mol. The number of hydrogen-bond donors (Lipinski definition) is 0. The molecule has 0 N–H and O–H groups in total. The number of carbonyl (C=O) groups excluding carboxylic acids is 2. The Morgan fingerprint density at radius 2 is 2.12 bits per heavy atom. The van der Waals surface area contributed by atoms with Crippen molar-refractivity contribution in [2.45, 2.75) is 44.4 Å². The lowest BCUT2D eigenvalue weighted by atomic mass is 10.1. The summed E-state index contributed by atoms with van der Waals surface area (Å²) in [5.41, 5.74) is 0.671. The van der Waals surface area contributed by atoms with Gasteiger partial charge in [0.15, 0.2) is 6.10 Å². The van der Waals surface area contributed by atoms with E-state index in [0.717, 1.165) is 19.3 Å². The molecule has 1 aliphatic carbocycles. The number of ether oxygens (including phenoxy) is 2. The molecule has 0 radical (unpaired) electrons. The van der Waals surface area contributed by atoms with Gasteiger partial charge in [-0.2, -0.15) is 0 Å². The van der Waals surface area contributed by atoms with Gasteiger partial charge in [-0.1, -0.05) is 12.1 Å². The van der Waals surface area contributed by atoms with E-state index < -0.39 is 6.10 Å². The van der Waals surface area contributed by atoms with Gasteiger partial charge in [0, 0.05) is 6.54 Å². The quantitative estimate of drug-likeness (QED) is 0.826. The van der Waals surface area contributed by atoms with Gasteiger partial charge >= 0.3 is 0 Å². The number of morpholine rings is 1. The predicted octanol–water partition coefficient (Wildman–Crippen LogP) is 1.58. The van der Waals surface area contributed by atoms with Gasteiger partial charge < -0.3 is 14.4 Å². The molecular weight excluding hydrogens is 308 g/mol. The number of carbonyl (C=O) groups is 2. The molecule has 0 unspecified atom stereocenters. The summed E-state index contributed by atoms with van der Waals surface area (Å²) < 4.78 is 11.4. The van der Waals surface area contributed by atoms with Crippen molar-refractivity contribution < 1.29 is 19.1 Å². The van der Waals surface area contributed by atoms with Crippen LogP contribution in [-0.4, -0.2) is 54.7 Å². The summed E-state index contributed by atoms with van der Waals surface area (Å²) >= 11 is 0. The Labute approximate surface area is 141 Å². The lowest BCUT2D eigenvalue weighted by molar-refractivity contribution is -0.143. The molecule has 2 heterocycles. The van der Waals surface area contributed by atoms with E-state index in [9.17, 15) is 9.59 Å². The maximum atomic E-state index is 12.9. The number of fused-ring (bicyclic) bond motifs is 2. The molecule has 3 atom stereocenters. The van der Waals surface area contributed by atoms with E-state index in [1.165, 1.54) is 0 Å². The highest BCUT2D eigenvalue weighted by molar-refractivity contribution is 6.03. The first-order chi connectivity index (χ1) is 11.6. The molecule has 128 valence electrons. The number of anilines is 1. The molecule has 6 nitrogen and oxygen atoms in total. The average molecular weight is 330 g/mol. The van der Waals surface area contributed by atoms with Crippen molar-refractivity contribution in [3.05, 3.63) is 24.3 Å². The normalized spacial score (nSPS) is 29.0. The standard InChI is InChI=1S/C18H22N2O4/c1-12-18(22)20(14-5-2-3-7-16(14)24-12)11-17(21)19-9-10-23-15-8-4-6-13(15)19/h2-3,5,7,12-13,15H,4,6,8-11H2,1H3/t12-,13-,15-/m0/s1. The summed E-state index contributed by atoms with van der Waals surface area (Å²) in [5, 5.41) is 0. The second kappa shape index (κ2) is 6.09. The van der Waals surface area contributed by atoms with Crippen molar-refractivity contribution in [2.24, 2.45) is 0 Å². The van der Waals surface area contributed by atoms with E-state index in [-0.39, 0.29) is 30.5 Å². The van der Waals surface area contributed by atoms with Crippen LogP contribution in [0.1, 0.15) is 26.2 Å². The van der Waals surface area contributed by atoms with Crippen LogP contribution < -0.4 is 9.64 Å². The number of para-hydroxylation sites is 2. The fourth-order valence-corrected chi connectivity index (χ4v) is 3.98. The predicted molar refractivity (Wildman–Crippen MR) is 88.0 cm³/mol. The summed E-state index contributed by atoms with van der Waals surface area (Å²) in [4.78, 5) is 28.9. The fraction of sp³-hybridized carbons (Fsp3) is 0.556. The zero-order valence-electron chi connectivity index (χ0n) is 13.8. The molecule has 1 saturated carbocycles. The molecule has 6 heteroatoms. The molecule has 3 aliphatic rings. The molecule has 2 aliphatic heterocycles. The SMILES string of the molecule is C[C@@H]1Oc2ccccc2N(CC(=O)N2CCO[C@H]3CCC[C@@H]32)C1=O. The number of rotatable bonds is 2. The third-order valence-electron chi connectivity index (χ3n) is 5.17. The summed E-state index contributed by atoms with van der Waals surface area (Å²) in [6.45, 7) is 2.97. The van der Waals surface area contributed by atoms with Gasteiger partial charge in [-0.15, -0.1) is 0 Å². The van der Waals surface area contributed by atoms with Gasteiger partial charge in [0.2, 0.25) is 5.91 Å². The van der Waals surface area contributed by atoms with Crippen molar-refractivity contribution in [1.29, 1.82) is 0 Å². The Hall–Kier alpha value is -2.08. The van der Waals surface area contributed by atoms with E-state index in [2.05, 4.69) is 0 Å². The van der Waals surface area contributed by atoms with Crippen LogP contribution in [0.3, 0.4) is 0 Å². The van der Waals surface area contributed by atoms with Crippen molar-refractivity contribution in [2.75, 3.05) is 24.6 Å². The van der Waals surface area contributed by atoms with Crippen molar-refractivity contribution in [3.8, 4) is 5.75 Å². The van der Waals surface area contributed by atoms with Crippen molar-refractivity contribution in [3.63, 3.8) is 0 Å². The minimum Gasteiger partial charge on any atom is -0.479 e. The van der Waals surface area contributed by atoms with Gasteiger partial charge in [-0.3, -0.25) is 14.5 Å². The summed E-state index contributed by atoms with van der Waals surface area (Å²) in [7, 11) is 0. The van der Waals surface area contributed by atoms with Crippen LogP contribution in [0.5, 0.6) is 5.75 Å². The number of amides is 2. The Morgan fingerprint density at radius 3 is 3.00 bits per heavy atom. The summed E-state index contributed by atoms with van der Waals surface area (Å²) in [5.74, 6) is 0.476. The Morgan fingerprint density at radius 1 is 1.29 bits per heavy atom. The molecule has 1 saturated heterocycles. The van der Waals surface area contributed by atoms with E-state index >= 15 is 0 Å². The van der Waals surface area contributed by atoms with Gasteiger partial charge in [0.05, 0.1) is 24.4 Å². The van der Waals surface area contributed by atoms with E-state index in [4.69, 9.17) is 9.47 Å². The lowest BCUT2D eigenvalue weighted by Crippen LogP contribution is -2.55. The molecule has 0 spiro atoms. The van der Waals surface area contributed by atoms with Crippen LogP contribution in [0.15, 0.2) is 24.3 Å². The third-order valence-corrected chi connectivity index (χ3v) is 5.17. The zero-order chi connectivity index (χ0) is 16.7. The number of hydrogen-bond acceptors (Lipinski definition) is 4. The van der Waals surface area contributed by atoms with Crippen LogP contribution in [0.2, 0.25) is 0 Å². The average Bonchev–Trinajstić information content (AvgIpc) is 3.07. The molecule has 0 bridgehead atoms. The number of nitrogens with zero attached hydrogens (tertiary/aromatic N) is 2. The second-order valence-corrected chi connectivity index (χ2v) is 6.65. The van der Waals surface area contributed by atoms with E-state index in [1.54, 1.807) is 11.8 Å². The first kappa shape index (κ1) is 15.4. The maximum Gasteiger partial charge on any atom is 0.268 e. The molecule has 2 fully saturated rings. The molecule has 2 amide bonds. The minimum atomic E-state index is -0.573. The molecule has 1 aromatic rings. The first-order valence-corrected chi connectivity index (χ1v) is 8.63. The number of benzene rings is 1. The van der Waals surface area contributed by atoms with Crippen LogP contribution >= 0.6 is 0 Å². The maximum absolute atomic E-state index is 12.9. The molecule has 1 aromatic carbocycles. The van der Waals surface area contributed by atoms with E-state index in [0.29, 0.717) is 24.6 Å². The van der Waals surface area contributed by atoms with Crippen molar-refractivity contribution >= 4 is 17.5 Å². The summed E-state index contributed by atoms with van der Waals surface area (Å²) in [6.07, 6.45) is 2.69. The molecule has 24 heavy (non-hydrogen) atoms. The van der Waals surface area contributed by atoms with Crippen LogP contribution in [0, 0.1) is 0 Å². The largest absolute Gasteiger partial charge is 0.479 e. The highest BCUT2D eigenvalue weighted by Crippen LogP contribution is 2.34. The highest BCUT2D eigenvalue weighted by atomic mass is 16.5. The topological polar surface area (TPSA) is 59.1 Å². The van der Waals surface area contributed by atoms with Gasteiger partial charge in [0.1, 0.15) is 12.3 Å². The smallest absolute Gasteiger partial charge is 0.268 e. The third kappa shape index (κ3) is 2.55.